The maximum Gasteiger partial charge on any atom is 0.401 e. The van der Waals surface area contributed by atoms with Crippen molar-refractivity contribution in [3.63, 3.8) is 0 Å². The third-order valence-corrected chi connectivity index (χ3v) is 2.51. The molecule has 0 unspecified atom stereocenters. The van der Waals surface area contributed by atoms with Gasteiger partial charge in [-0.3, -0.25) is 4.90 Å². The Morgan fingerprint density at radius 3 is 2.33 bits per heavy atom. The van der Waals surface area contributed by atoms with E-state index in [0.29, 0.717) is 32.6 Å². The van der Waals surface area contributed by atoms with Crippen LogP contribution in [0.25, 0.3) is 0 Å². The van der Waals surface area contributed by atoms with Crippen molar-refractivity contribution in [2.45, 2.75) is 25.1 Å². The Kier molecular flexibility index (Phi) is 4.82. The lowest BCUT2D eigenvalue weighted by molar-refractivity contribution is -0.154. The molecule has 1 rings (SSSR count). The average Bonchev–Trinajstić information content (AvgIpc) is 2.17. The third-order valence-electron chi connectivity index (χ3n) is 2.51. The SMILES string of the molecule is NCCN(CC(F)(F)F)C1CCOCC1. The van der Waals surface area contributed by atoms with Gasteiger partial charge in [0.2, 0.25) is 0 Å². The van der Waals surface area contributed by atoms with Crippen molar-refractivity contribution in [3.05, 3.63) is 0 Å². The second-order valence-electron chi connectivity index (χ2n) is 3.72. The van der Waals surface area contributed by atoms with Crippen molar-refractivity contribution in [1.82, 2.24) is 4.90 Å². The van der Waals surface area contributed by atoms with Crippen molar-refractivity contribution in [3.8, 4) is 0 Å². The number of ether oxygens (including phenoxy) is 1. The molecule has 0 aliphatic carbocycles. The summed E-state index contributed by atoms with van der Waals surface area (Å²) in [4.78, 5) is 1.42. The fourth-order valence-corrected chi connectivity index (χ4v) is 1.84. The predicted molar refractivity (Wildman–Crippen MR) is 50.5 cm³/mol. The molecule has 90 valence electrons. The minimum atomic E-state index is -4.15. The van der Waals surface area contributed by atoms with Gasteiger partial charge >= 0.3 is 6.18 Å². The second kappa shape index (κ2) is 5.67. The van der Waals surface area contributed by atoms with Crippen molar-refractivity contribution in [2.75, 3.05) is 32.8 Å². The number of alkyl halides is 3. The van der Waals surface area contributed by atoms with Crippen LogP contribution in [0.2, 0.25) is 0 Å². The van der Waals surface area contributed by atoms with Gasteiger partial charge in [0, 0.05) is 32.3 Å². The Balaban J connectivity index is 2.47. The third kappa shape index (κ3) is 4.81. The first kappa shape index (κ1) is 12.7. The molecule has 1 fully saturated rings. The summed E-state index contributed by atoms with van der Waals surface area (Å²) in [6.45, 7) is 0.777. The minimum Gasteiger partial charge on any atom is -0.381 e. The van der Waals surface area contributed by atoms with E-state index in [4.69, 9.17) is 10.5 Å². The van der Waals surface area contributed by atoms with Crippen LogP contribution in [-0.2, 0) is 4.74 Å². The Morgan fingerprint density at radius 2 is 1.87 bits per heavy atom. The molecule has 0 aromatic heterocycles. The van der Waals surface area contributed by atoms with Crippen molar-refractivity contribution < 1.29 is 17.9 Å². The lowest BCUT2D eigenvalue weighted by Gasteiger charge is -2.34. The van der Waals surface area contributed by atoms with Crippen molar-refractivity contribution in [2.24, 2.45) is 5.73 Å². The molecular weight excluding hydrogens is 209 g/mol. The lowest BCUT2D eigenvalue weighted by atomic mass is 10.1. The number of rotatable bonds is 4. The molecular formula is C9H17F3N2O. The van der Waals surface area contributed by atoms with Crippen LogP contribution in [-0.4, -0.2) is 50.0 Å². The fourth-order valence-electron chi connectivity index (χ4n) is 1.84. The summed E-state index contributed by atoms with van der Waals surface area (Å²) in [5.41, 5.74) is 5.31. The summed E-state index contributed by atoms with van der Waals surface area (Å²) < 4.78 is 41.9. The highest BCUT2D eigenvalue weighted by Gasteiger charge is 2.33. The largest absolute Gasteiger partial charge is 0.401 e. The van der Waals surface area contributed by atoms with Gasteiger partial charge in [0.15, 0.2) is 0 Å². The van der Waals surface area contributed by atoms with E-state index in [-0.39, 0.29) is 12.6 Å². The van der Waals surface area contributed by atoms with Crippen molar-refractivity contribution in [1.29, 1.82) is 0 Å². The molecule has 0 bridgehead atoms. The smallest absolute Gasteiger partial charge is 0.381 e. The van der Waals surface area contributed by atoms with Crippen LogP contribution >= 0.6 is 0 Å². The molecule has 0 atom stereocenters. The quantitative estimate of drug-likeness (QED) is 0.777. The highest BCUT2D eigenvalue weighted by atomic mass is 19.4. The van der Waals surface area contributed by atoms with Crippen LogP contribution in [0, 0.1) is 0 Å². The Hall–Kier alpha value is -0.330. The van der Waals surface area contributed by atoms with Gasteiger partial charge < -0.3 is 10.5 Å². The van der Waals surface area contributed by atoms with Crippen LogP contribution < -0.4 is 5.73 Å². The minimum absolute atomic E-state index is 0.0380. The van der Waals surface area contributed by atoms with E-state index >= 15 is 0 Å². The molecule has 0 aromatic rings. The Bertz CT molecular complexity index is 181. The first-order chi connectivity index (χ1) is 7.03. The molecule has 2 N–H and O–H groups in total. The maximum absolute atomic E-state index is 12.3. The molecule has 1 aliphatic rings. The molecule has 6 heteroatoms. The zero-order valence-electron chi connectivity index (χ0n) is 8.59. The van der Waals surface area contributed by atoms with Gasteiger partial charge in [-0.25, -0.2) is 0 Å². The predicted octanol–water partition coefficient (Wildman–Crippen LogP) is 0.988. The number of halogens is 3. The van der Waals surface area contributed by atoms with Crippen LogP contribution in [0.3, 0.4) is 0 Å². The highest BCUT2D eigenvalue weighted by Crippen LogP contribution is 2.21. The van der Waals surface area contributed by atoms with Gasteiger partial charge in [0.25, 0.3) is 0 Å². The van der Waals surface area contributed by atoms with Crippen LogP contribution in [0.5, 0.6) is 0 Å². The summed E-state index contributed by atoms with van der Waals surface area (Å²) in [6, 6.07) is -0.0380. The molecule has 1 saturated heterocycles. The van der Waals surface area contributed by atoms with E-state index in [1.54, 1.807) is 0 Å². The van der Waals surface area contributed by atoms with Gasteiger partial charge in [-0.15, -0.1) is 0 Å². The van der Waals surface area contributed by atoms with E-state index in [2.05, 4.69) is 0 Å². The summed E-state index contributed by atoms with van der Waals surface area (Å²) in [5.74, 6) is 0. The molecule has 3 nitrogen and oxygen atoms in total. The topological polar surface area (TPSA) is 38.5 Å². The first-order valence-electron chi connectivity index (χ1n) is 5.11. The zero-order valence-corrected chi connectivity index (χ0v) is 8.59. The molecule has 0 saturated carbocycles. The monoisotopic (exact) mass is 226 g/mol. The van der Waals surface area contributed by atoms with E-state index in [1.165, 1.54) is 4.90 Å². The van der Waals surface area contributed by atoms with Gasteiger partial charge in [-0.2, -0.15) is 13.2 Å². The first-order valence-corrected chi connectivity index (χ1v) is 5.11. The van der Waals surface area contributed by atoms with Gasteiger partial charge in [0.1, 0.15) is 0 Å². The summed E-state index contributed by atoms with van der Waals surface area (Å²) in [6.07, 6.45) is -2.82. The Morgan fingerprint density at radius 1 is 1.27 bits per heavy atom. The number of nitrogens with two attached hydrogens (primary N) is 1. The molecule has 0 radical (unpaired) electrons. The molecule has 0 aromatic carbocycles. The standard InChI is InChI=1S/C9H17F3N2O/c10-9(11,12)7-14(4-3-13)8-1-5-15-6-2-8/h8H,1-7,13H2. The molecule has 1 aliphatic heterocycles. The summed E-state index contributed by atoms with van der Waals surface area (Å²) in [7, 11) is 0. The lowest BCUT2D eigenvalue weighted by Crippen LogP contribution is -2.46. The van der Waals surface area contributed by atoms with Crippen LogP contribution in [0.15, 0.2) is 0 Å². The summed E-state index contributed by atoms with van der Waals surface area (Å²) >= 11 is 0. The summed E-state index contributed by atoms with van der Waals surface area (Å²) in [5, 5.41) is 0. The van der Waals surface area contributed by atoms with E-state index < -0.39 is 12.7 Å². The maximum atomic E-state index is 12.3. The van der Waals surface area contributed by atoms with E-state index in [1.807, 2.05) is 0 Å². The van der Waals surface area contributed by atoms with E-state index in [9.17, 15) is 13.2 Å². The molecule has 0 amide bonds. The molecule has 15 heavy (non-hydrogen) atoms. The van der Waals surface area contributed by atoms with Crippen molar-refractivity contribution >= 4 is 0 Å². The Labute approximate surface area is 87.4 Å². The zero-order chi connectivity index (χ0) is 11.3. The van der Waals surface area contributed by atoms with E-state index in [0.717, 1.165) is 0 Å². The second-order valence-corrected chi connectivity index (χ2v) is 3.72. The number of nitrogens with zero attached hydrogens (tertiary/aromatic N) is 1. The normalized spacial score (nSPS) is 19.8. The van der Waals surface area contributed by atoms with Gasteiger partial charge in [-0.05, 0) is 12.8 Å². The highest BCUT2D eigenvalue weighted by molar-refractivity contribution is 4.76. The fraction of sp³-hybridized carbons (Fsp3) is 1.00. The van der Waals surface area contributed by atoms with Crippen LogP contribution in [0.1, 0.15) is 12.8 Å². The van der Waals surface area contributed by atoms with Crippen LogP contribution in [0.4, 0.5) is 13.2 Å². The van der Waals surface area contributed by atoms with Gasteiger partial charge in [-0.1, -0.05) is 0 Å². The number of hydrogen-bond acceptors (Lipinski definition) is 3. The molecule has 0 spiro atoms. The van der Waals surface area contributed by atoms with Gasteiger partial charge in [0.05, 0.1) is 6.54 Å². The average molecular weight is 226 g/mol. The molecule has 1 heterocycles. The number of hydrogen-bond donors (Lipinski definition) is 1.